The van der Waals surface area contributed by atoms with E-state index in [1.807, 2.05) is 0 Å². The Balaban J connectivity index is 0. The van der Waals surface area contributed by atoms with Gasteiger partial charge in [-0.1, -0.05) is 0 Å². The first-order chi connectivity index (χ1) is 8.27. The van der Waals surface area contributed by atoms with Crippen molar-refractivity contribution >= 4 is 23.6 Å². The van der Waals surface area contributed by atoms with E-state index in [2.05, 4.69) is 0 Å². The lowest BCUT2D eigenvalue weighted by Gasteiger charge is -2.22. The van der Waals surface area contributed by atoms with Gasteiger partial charge in [0.15, 0.2) is 0 Å². The summed E-state index contributed by atoms with van der Waals surface area (Å²) < 4.78 is 0. The molecule has 0 heterocycles. The van der Waals surface area contributed by atoms with Crippen LogP contribution in [0.25, 0.3) is 0 Å². The first kappa shape index (κ1) is 18.6. The summed E-state index contributed by atoms with van der Waals surface area (Å²) in [6, 6.07) is 0. The number of carbonyl (C=O) groups excluding carboxylic acids is 4. The zero-order valence-corrected chi connectivity index (χ0v) is 10.8. The van der Waals surface area contributed by atoms with Crippen molar-refractivity contribution in [2.45, 2.75) is 27.7 Å². The summed E-state index contributed by atoms with van der Waals surface area (Å²) in [7, 11) is 0. The van der Waals surface area contributed by atoms with Crippen molar-refractivity contribution in [1.82, 2.24) is 9.80 Å². The lowest BCUT2D eigenvalue weighted by Crippen LogP contribution is -2.43. The Bertz CT molecular complexity index is 268. The molecule has 0 aliphatic rings. The lowest BCUT2D eigenvalue weighted by atomic mass is 10.4. The second-order valence-corrected chi connectivity index (χ2v) is 3.38. The van der Waals surface area contributed by atoms with Crippen LogP contribution in [0, 0.1) is 0 Å². The zero-order chi connectivity index (χ0) is 14.9. The number of imide groups is 2. The molecule has 0 bridgehead atoms. The molecular formula is C10H18N2O6. The van der Waals surface area contributed by atoms with Crippen LogP contribution in [-0.4, -0.2) is 57.0 Å². The standard InChI is InChI=1S/C10H16N2O4.H2O2/c1-7(13)11(8(2)14)5-6-12(9(3)15)10(4)16;1-2/h5-6H2,1-4H3;1-2H. The molecule has 0 atom stereocenters. The fourth-order valence-corrected chi connectivity index (χ4v) is 1.27. The smallest absolute Gasteiger partial charge is 0.226 e. The molecule has 0 rings (SSSR count). The predicted octanol–water partition coefficient (Wildman–Crippen LogP) is -0.206. The largest absolute Gasteiger partial charge is 0.281 e. The SMILES string of the molecule is CC(=O)N(CCN(C(C)=O)C(C)=O)C(C)=O.OO. The maximum Gasteiger partial charge on any atom is 0.226 e. The van der Waals surface area contributed by atoms with Gasteiger partial charge in [-0.2, -0.15) is 0 Å². The van der Waals surface area contributed by atoms with Crippen molar-refractivity contribution in [3.63, 3.8) is 0 Å². The summed E-state index contributed by atoms with van der Waals surface area (Å²) in [4.78, 5) is 46.2. The highest BCUT2D eigenvalue weighted by molar-refractivity contribution is 5.94. The number of amides is 4. The van der Waals surface area contributed by atoms with E-state index in [1.165, 1.54) is 27.7 Å². The van der Waals surface area contributed by atoms with Gasteiger partial charge in [0.1, 0.15) is 0 Å². The molecule has 2 N–H and O–H groups in total. The number of rotatable bonds is 3. The molecule has 0 aromatic rings. The molecular weight excluding hydrogens is 244 g/mol. The second-order valence-electron chi connectivity index (χ2n) is 3.38. The molecule has 0 aromatic carbocycles. The molecule has 18 heavy (non-hydrogen) atoms. The lowest BCUT2D eigenvalue weighted by molar-refractivity contribution is -0.176. The van der Waals surface area contributed by atoms with Gasteiger partial charge < -0.3 is 0 Å². The van der Waals surface area contributed by atoms with Crippen molar-refractivity contribution < 1.29 is 29.7 Å². The minimum absolute atomic E-state index is 0.0316. The summed E-state index contributed by atoms with van der Waals surface area (Å²) in [6.07, 6.45) is 0. The van der Waals surface area contributed by atoms with E-state index in [9.17, 15) is 19.2 Å². The molecule has 0 aromatic heterocycles. The summed E-state index contributed by atoms with van der Waals surface area (Å²) in [5.74, 6) is -1.61. The van der Waals surface area contributed by atoms with E-state index in [1.54, 1.807) is 0 Å². The molecule has 8 nitrogen and oxygen atoms in total. The van der Waals surface area contributed by atoms with Crippen LogP contribution in [0.1, 0.15) is 27.7 Å². The molecule has 0 aliphatic carbocycles. The van der Waals surface area contributed by atoms with Gasteiger partial charge in [-0.05, 0) is 0 Å². The average molecular weight is 262 g/mol. The minimum Gasteiger partial charge on any atom is -0.281 e. The fourth-order valence-electron chi connectivity index (χ4n) is 1.27. The van der Waals surface area contributed by atoms with E-state index in [0.717, 1.165) is 9.80 Å². The Labute approximate surface area is 105 Å². The fraction of sp³-hybridized carbons (Fsp3) is 0.600. The molecule has 0 fully saturated rings. The van der Waals surface area contributed by atoms with Gasteiger partial charge >= 0.3 is 0 Å². The molecule has 0 spiro atoms. The quantitative estimate of drug-likeness (QED) is 0.537. The normalized spacial score (nSPS) is 8.78. The average Bonchev–Trinajstić information content (AvgIpc) is 2.24. The minimum atomic E-state index is -0.403. The number of hydrogen-bond acceptors (Lipinski definition) is 6. The second kappa shape index (κ2) is 9.25. The van der Waals surface area contributed by atoms with Crippen LogP contribution in [0.2, 0.25) is 0 Å². The van der Waals surface area contributed by atoms with E-state index < -0.39 is 23.6 Å². The molecule has 0 aliphatic heterocycles. The Kier molecular flexibility index (Phi) is 9.54. The highest BCUT2D eigenvalue weighted by Gasteiger charge is 2.18. The summed E-state index contributed by atoms with van der Waals surface area (Å²) in [5, 5.41) is 12.0. The van der Waals surface area contributed by atoms with Gasteiger partial charge in [-0.25, -0.2) is 0 Å². The Morgan fingerprint density at radius 1 is 0.667 bits per heavy atom. The summed E-state index contributed by atoms with van der Waals surface area (Å²) in [5.41, 5.74) is 0. The van der Waals surface area contributed by atoms with Gasteiger partial charge in [0, 0.05) is 40.8 Å². The first-order valence-electron chi connectivity index (χ1n) is 5.04. The topological polar surface area (TPSA) is 115 Å². The van der Waals surface area contributed by atoms with E-state index in [4.69, 9.17) is 10.5 Å². The van der Waals surface area contributed by atoms with E-state index in [-0.39, 0.29) is 13.1 Å². The molecule has 0 saturated carbocycles. The van der Waals surface area contributed by atoms with Crippen LogP contribution in [0.3, 0.4) is 0 Å². The highest BCUT2D eigenvalue weighted by atomic mass is 17.0. The van der Waals surface area contributed by atoms with E-state index >= 15 is 0 Å². The van der Waals surface area contributed by atoms with Gasteiger partial charge in [0.2, 0.25) is 23.6 Å². The van der Waals surface area contributed by atoms with Gasteiger partial charge in [0.25, 0.3) is 0 Å². The zero-order valence-electron chi connectivity index (χ0n) is 10.8. The van der Waals surface area contributed by atoms with Crippen LogP contribution in [-0.2, 0) is 19.2 Å². The summed E-state index contributed by atoms with van der Waals surface area (Å²) in [6.45, 7) is 5.09. The van der Waals surface area contributed by atoms with Crippen molar-refractivity contribution in [1.29, 1.82) is 0 Å². The molecule has 0 radical (unpaired) electrons. The first-order valence-corrected chi connectivity index (χ1v) is 5.04. The third-order valence-corrected chi connectivity index (χ3v) is 2.07. The van der Waals surface area contributed by atoms with Crippen molar-refractivity contribution in [2.24, 2.45) is 0 Å². The van der Waals surface area contributed by atoms with Gasteiger partial charge in [-0.3, -0.25) is 39.5 Å². The molecule has 104 valence electrons. The molecule has 0 unspecified atom stereocenters. The van der Waals surface area contributed by atoms with Crippen molar-refractivity contribution in [2.75, 3.05) is 13.1 Å². The van der Waals surface area contributed by atoms with Crippen molar-refractivity contribution in [3.8, 4) is 0 Å². The number of nitrogens with zero attached hydrogens (tertiary/aromatic N) is 2. The van der Waals surface area contributed by atoms with Crippen LogP contribution in [0.4, 0.5) is 0 Å². The highest BCUT2D eigenvalue weighted by Crippen LogP contribution is 1.96. The number of hydrogen-bond donors (Lipinski definition) is 2. The Morgan fingerprint density at radius 2 is 0.833 bits per heavy atom. The van der Waals surface area contributed by atoms with Crippen LogP contribution in [0.15, 0.2) is 0 Å². The monoisotopic (exact) mass is 262 g/mol. The van der Waals surface area contributed by atoms with Gasteiger partial charge in [0.05, 0.1) is 0 Å². The third kappa shape index (κ3) is 6.71. The van der Waals surface area contributed by atoms with Crippen LogP contribution in [0.5, 0.6) is 0 Å². The van der Waals surface area contributed by atoms with Crippen molar-refractivity contribution in [3.05, 3.63) is 0 Å². The van der Waals surface area contributed by atoms with Crippen LogP contribution >= 0.6 is 0 Å². The Morgan fingerprint density at radius 3 is 0.944 bits per heavy atom. The third-order valence-electron chi connectivity index (χ3n) is 2.07. The number of carbonyl (C=O) groups is 4. The summed E-state index contributed by atoms with van der Waals surface area (Å²) >= 11 is 0. The van der Waals surface area contributed by atoms with Gasteiger partial charge in [-0.15, -0.1) is 0 Å². The van der Waals surface area contributed by atoms with E-state index in [0.29, 0.717) is 0 Å². The maximum atomic E-state index is 11.1. The van der Waals surface area contributed by atoms with Crippen LogP contribution < -0.4 is 0 Å². The molecule has 4 amide bonds. The molecule has 0 saturated heterocycles. The molecule has 8 heteroatoms. The maximum absolute atomic E-state index is 11.1. The Hall–Kier alpha value is -1.80. The predicted molar refractivity (Wildman–Crippen MR) is 61.4 cm³/mol.